The third-order valence-electron chi connectivity index (χ3n) is 2.84. The van der Waals surface area contributed by atoms with Crippen LogP contribution >= 0.6 is 15.9 Å². The summed E-state index contributed by atoms with van der Waals surface area (Å²) >= 11 is 3.43. The summed E-state index contributed by atoms with van der Waals surface area (Å²) in [6, 6.07) is 5.62. The van der Waals surface area contributed by atoms with E-state index in [1.165, 1.54) is 0 Å². The lowest BCUT2D eigenvalue weighted by Gasteiger charge is -2.04. The smallest absolute Gasteiger partial charge is 0.128 e. The molecule has 3 N–H and O–H groups in total. The molecule has 2 aromatic heterocycles. The molecule has 6 heteroatoms. The first-order chi connectivity index (χ1) is 8.63. The fraction of sp³-hybridized carbons (Fsp3) is 0.167. The van der Waals surface area contributed by atoms with Crippen molar-refractivity contribution in [1.82, 2.24) is 19.7 Å². The number of hydrogen-bond acceptors (Lipinski definition) is 3. The van der Waals surface area contributed by atoms with E-state index in [1.807, 2.05) is 31.4 Å². The minimum Gasteiger partial charge on any atom is -0.340 e. The molecular formula is C12H12BrN5. The van der Waals surface area contributed by atoms with Crippen molar-refractivity contribution in [3.05, 3.63) is 46.5 Å². The monoisotopic (exact) mass is 305 g/mol. The zero-order chi connectivity index (χ0) is 12.7. The Kier molecular flexibility index (Phi) is 2.68. The highest BCUT2D eigenvalue weighted by atomic mass is 79.9. The van der Waals surface area contributed by atoms with Crippen molar-refractivity contribution in [3.8, 4) is 0 Å². The Morgan fingerprint density at radius 2 is 2.28 bits per heavy atom. The molecule has 0 fully saturated rings. The maximum Gasteiger partial charge on any atom is 0.128 e. The number of nitrogens with one attached hydrogen (secondary N) is 1. The molecule has 3 aromatic rings. The summed E-state index contributed by atoms with van der Waals surface area (Å²) in [4.78, 5) is 7.74. The lowest BCUT2D eigenvalue weighted by atomic mass is 10.2. The predicted molar refractivity (Wildman–Crippen MR) is 73.0 cm³/mol. The molecule has 0 radical (unpaired) electrons. The van der Waals surface area contributed by atoms with Crippen LogP contribution in [0.15, 0.2) is 35.1 Å². The Hall–Kier alpha value is -1.66. The number of hydrogen-bond donors (Lipinski definition) is 2. The van der Waals surface area contributed by atoms with E-state index in [-0.39, 0.29) is 6.04 Å². The van der Waals surface area contributed by atoms with Crippen molar-refractivity contribution in [1.29, 1.82) is 0 Å². The van der Waals surface area contributed by atoms with E-state index < -0.39 is 0 Å². The number of nitrogens with zero attached hydrogens (tertiary/aromatic N) is 3. The molecule has 0 spiro atoms. The van der Waals surface area contributed by atoms with Gasteiger partial charge in [0.2, 0.25) is 0 Å². The first kappa shape index (κ1) is 11.4. The van der Waals surface area contributed by atoms with Crippen LogP contribution in [0.25, 0.3) is 11.0 Å². The minimum absolute atomic E-state index is 0.287. The number of H-pyrrole nitrogens is 1. The standard InChI is InChI=1S/C12H12BrN5/c1-18-6-7(5-15-18)11(14)12-16-9-3-2-8(13)4-10(9)17-12/h2-6,11H,14H2,1H3,(H,16,17). The molecule has 0 aliphatic rings. The lowest BCUT2D eigenvalue weighted by Crippen LogP contribution is -2.12. The normalized spacial score (nSPS) is 13.1. The number of imidazole rings is 1. The summed E-state index contributed by atoms with van der Waals surface area (Å²) in [6.07, 6.45) is 3.65. The molecule has 3 rings (SSSR count). The fourth-order valence-corrected chi connectivity index (χ4v) is 2.27. The van der Waals surface area contributed by atoms with Gasteiger partial charge in [0, 0.05) is 23.3 Å². The Morgan fingerprint density at radius 1 is 1.44 bits per heavy atom. The van der Waals surface area contributed by atoms with Gasteiger partial charge in [0.15, 0.2) is 0 Å². The number of nitrogens with two attached hydrogens (primary N) is 1. The molecule has 0 amide bonds. The summed E-state index contributed by atoms with van der Waals surface area (Å²) in [5.41, 5.74) is 8.99. The van der Waals surface area contributed by atoms with Crippen LogP contribution in [-0.2, 0) is 7.05 Å². The third kappa shape index (κ3) is 1.93. The highest BCUT2D eigenvalue weighted by Crippen LogP contribution is 2.22. The van der Waals surface area contributed by atoms with E-state index >= 15 is 0 Å². The largest absolute Gasteiger partial charge is 0.340 e. The Morgan fingerprint density at radius 3 is 3.00 bits per heavy atom. The molecule has 18 heavy (non-hydrogen) atoms. The highest BCUT2D eigenvalue weighted by molar-refractivity contribution is 9.10. The molecule has 0 aliphatic carbocycles. The van der Waals surface area contributed by atoms with E-state index in [2.05, 4.69) is 31.0 Å². The van der Waals surface area contributed by atoms with Crippen molar-refractivity contribution in [3.63, 3.8) is 0 Å². The SMILES string of the molecule is Cn1cc(C(N)c2nc3ccc(Br)cc3[nH]2)cn1. The minimum atomic E-state index is -0.287. The Bertz CT molecular complexity index is 699. The zero-order valence-electron chi connectivity index (χ0n) is 9.76. The zero-order valence-corrected chi connectivity index (χ0v) is 11.3. The third-order valence-corrected chi connectivity index (χ3v) is 3.33. The maximum atomic E-state index is 6.17. The number of halogens is 1. The van der Waals surface area contributed by atoms with Gasteiger partial charge < -0.3 is 10.7 Å². The van der Waals surface area contributed by atoms with Crippen molar-refractivity contribution in [2.24, 2.45) is 12.8 Å². The summed E-state index contributed by atoms with van der Waals surface area (Å²) in [5.74, 6) is 0.746. The van der Waals surface area contributed by atoms with E-state index in [1.54, 1.807) is 10.9 Å². The molecule has 0 aliphatic heterocycles. The number of aromatic nitrogens is 4. The number of aromatic amines is 1. The maximum absolute atomic E-state index is 6.17. The molecule has 0 saturated heterocycles. The summed E-state index contributed by atoms with van der Waals surface area (Å²) in [6.45, 7) is 0. The Balaban J connectivity index is 2.03. The van der Waals surface area contributed by atoms with Crippen molar-refractivity contribution in [2.75, 3.05) is 0 Å². The van der Waals surface area contributed by atoms with Gasteiger partial charge in [-0.1, -0.05) is 15.9 Å². The molecule has 0 saturated carbocycles. The van der Waals surface area contributed by atoms with E-state index in [0.717, 1.165) is 26.9 Å². The van der Waals surface area contributed by atoms with Crippen LogP contribution in [0.5, 0.6) is 0 Å². The molecule has 1 atom stereocenters. The van der Waals surface area contributed by atoms with Gasteiger partial charge in [-0.3, -0.25) is 4.68 Å². The quantitative estimate of drug-likeness (QED) is 0.761. The van der Waals surface area contributed by atoms with Gasteiger partial charge in [0.25, 0.3) is 0 Å². The first-order valence-electron chi connectivity index (χ1n) is 5.53. The second-order valence-electron chi connectivity index (χ2n) is 4.21. The van der Waals surface area contributed by atoms with Gasteiger partial charge in [-0.2, -0.15) is 5.10 Å². The van der Waals surface area contributed by atoms with Gasteiger partial charge in [-0.05, 0) is 18.2 Å². The van der Waals surface area contributed by atoms with Gasteiger partial charge in [0.1, 0.15) is 5.82 Å². The van der Waals surface area contributed by atoms with Gasteiger partial charge in [-0.25, -0.2) is 4.98 Å². The molecule has 5 nitrogen and oxygen atoms in total. The number of benzene rings is 1. The summed E-state index contributed by atoms with van der Waals surface area (Å²) in [7, 11) is 1.87. The van der Waals surface area contributed by atoms with Crippen molar-refractivity contribution >= 4 is 27.0 Å². The topological polar surface area (TPSA) is 72.5 Å². The fourth-order valence-electron chi connectivity index (χ4n) is 1.91. The van der Waals surface area contributed by atoms with Crippen LogP contribution in [0, 0.1) is 0 Å². The van der Waals surface area contributed by atoms with Crippen molar-refractivity contribution < 1.29 is 0 Å². The number of fused-ring (bicyclic) bond motifs is 1. The molecular weight excluding hydrogens is 294 g/mol. The average Bonchev–Trinajstić information content (AvgIpc) is 2.93. The lowest BCUT2D eigenvalue weighted by molar-refractivity contribution is 0.762. The van der Waals surface area contributed by atoms with Gasteiger partial charge in [0.05, 0.1) is 23.3 Å². The van der Waals surface area contributed by atoms with E-state index in [0.29, 0.717) is 0 Å². The molecule has 2 heterocycles. The molecule has 1 aromatic carbocycles. The average molecular weight is 306 g/mol. The highest BCUT2D eigenvalue weighted by Gasteiger charge is 2.15. The summed E-state index contributed by atoms with van der Waals surface area (Å²) < 4.78 is 2.74. The van der Waals surface area contributed by atoms with Crippen LogP contribution in [0.2, 0.25) is 0 Å². The first-order valence-corrected chi connectivity index (χ1v) is 6.32. The second-order valence-corrected chi connectivity index (χ2v) is 5.12. The second kappa shape index (κ2) is 4.22. The van der Waals surface area contributed by atoms with Gasteiger partial charge in [-0.15, -0.1) is 0 Å². The number of aryl methyl sites for hydroxylation is 1. The van der Waals surface area contributed by atoms with Crippen LogP contribution in [0.1, 0.15) is 17.4 Å². The van der Waals surface area contributed by atoms with Crippen LogP contribution < -0.4 is 5.73 Å². The van der Waals surface area contributed by atoms with Crippen LogP contribution in [0.3, 0.4) is 0 Å². The van der Waals surface area contributed by atoms with Gasteiger partial charge >= 0.3 is 0 Å². The molecule has 92 valence electrons. The van der Waals surface area contributed by atoms with E-state index in [4.69, 9.17) is 5.73 Å². The number of rotatable bonds is 2. The Labute approximate surface area is 112 Å². The van der Waals surface area contributed by atoms with Crippen LogP contribution in [-0.4, -0.2) is 19.7 Å². The van der Waals surface area contributed by atoms with E-state index in [9.17, 15) is 0 Å². The van der Waals surface area contributed by atoms with Crippen LogP contribution in [0.4, 0.5) is 0 Å². The molecule has 0 bridgehead atoms. The predicted octanol–water partition coefficient (Wildman–Crippen LogP) is 2.11. The molecule has 1 unspecified atom stereocenters. The summed E-state index contributed by atoms with van der Waals surface area (Å²) in [5, 5.41) is 4.12. The van der Waals surface area contributed by atoms with Crippen molar-refractivity contribution in [2.45, 2.75) is 6.04 Å².